The maximum absolute atomic E-state index is 11.9. The number of ether oxygens (including phenoxy) is 2. The zero-order valence-corrected chi connectivity index (χ0v) is 12.0. The molecule has 0 unspecified atom stereocenters. The van der Waals surface area contributed by atoms with Gasteiger partial charge in [-0.3, -0.25) is 4.79 Å². The third kappa shape index (κ3) is 3.72. The molecule has 0 radical (unpaired) electrons. The maximum atomic E-state index is 11.9. The van der Waals surface area contributed by atoms with E-state index in [1.807, 2.05) is 0 Å². The minimum absolute atomic E-state index is 0.145. The molecule has 0 saturated carbocycles. The fourth-order valence-corrected chi connectivity index (χ4v) is 1.76. The molecule has 0 fully saturated rings. The number of methoxy groups -OCH3 is 2. The topological polar surface area (TPSA) is 109 Å². The van der Waals surface area contributed by atoms with Crippen molar-refractivity contribution in [2.24, 2.45) is 0 Å². The summed E-state index contributed by atoms with van der Waals surface area (Å²) in [6.45, 7) is -0.145. The molecule has 0 aliphatic heterocycles. The van der Waals surface area contributed by atoms with E-state index in [0.29, 0.717) is 17.2 Å². The van der Waals surface area contributed by atoms with Gasteiger partial charge >= 0.3 is 5.82 Å². The Labute approximate surface area is 125 Å². The Hall–Kier alpha value is -3.10. The van der Waals surface area contributed by atoms with Gasteiger partial charge in [-0.05, 0) is 4.92 Å². The number of carbonyl (C=O) groups is 1. The van der Waals surface area contributed by atoms with Crippen LogP contribution in [0.2, 0.25) is 0 Å². The largest absolute Gasteiger partial charge is 0.497 e. The standard InChI is InChI=1S/C13H14N4O5/c1-21-10-5-9(6-11(7-10)22-2)14-13(18)8-16-4-3-12(15-16)17(19)20/h3-7H,8H2,1-2H3,(H,14,18). The van der Waals surface area contributed by atoms with E-state index in [1.54, 1.807) is 18.2 Å². The van der Waals surface area contributed by atoms with E-state index in [1.165, 1.54) is 31.2 Å². The molecular weight excluding hydrogens is 292 g/mol. The second-order valence-electron chi connectivity index (χ2n) is 4.28. The normalized spacial score (nSPS) is 10.1. The summed E-state index contributed by atoms with van der Waals surface area (Å²) in [5.41, 5.74) is 0.489. The number of nitro groups is 1. The molecule has 1 amide bonds. The quantitative estimate of drug-likeness (QED) is 0.639. The third-order valence-electron chi connectivity index (χ3n) is 2.75. The highest BCUT2D eigenvalue weighted by Crippen LogP contribution is 2.25. The van der Waals surface area contributed by atoms with Gasteiger partial charge in [-0.2, -0.15) is 4.68 Å². The summed E-state index contributed by atoms with van der Waals surface area (Å²) in [5, 5.41) is 16.8. The Morgan fingerprint density at radius 1 is 1.32 bits per heavy atom. The van der Waals surface area contributed by atoms with E-state index >= 15 is 0 Å². The van der Waals surface area contributed by atoms with Crippen molar-refractivity contribution in [1.29, 1.82) is 0 Å². The molecule has 0 saturated heterocycles. The smallest absolute Gasteiger partial charge is 0.389 e. The number of rotatable bonds is 6. The van der Waals surface area contributed by atoms with Gasteiger partial charge in [0.15, 0.2) is 0 Å². The first-order valence-corrected chi connectivity index (χ1v) is 6.22. The molecule has 0 aliphatic carbocycles. The van der Waals surface area contributed by atoms with Crippen LogP contribution in [-0.2, 0) is 11.3 Å². The molecule has 116 valence electrons. The van der Waals surface area contributed by atoms with E-state index < -0.39 is 4.92 Å². The van der Waals surface area contributed by atoms with Crippen LogP contribution in [0.3, 0.4) is 0 Å². The number of carbonyl (C=O) groups excluding carboxylic acids is 1. The maximum Gasteiger partial charge on any atom is 0.389 e. The second-order valence-corrected chi connectivity index (χ2v) is 4.28. The zero-order valence-electron chi connectivity index (χ0n) is 12.0. The lowest BCUT2D eigenvalue weighted by atomic mass is 10.2. The van der Waals surface area contributed by atoms with Crippen LogP contribution >= 0.6 is 0 Å². The van der Waals surface area contributed by atoms with E-state index in [4.69, 9.17) is 9.47 Å². The van der Waals surface area contributed by atoms with Crippen molar-refractivity contribution in [3.63, 3.8) is 0 Å². The van der Waals surface area contributed by atoms with Crippen molar-refractivity contribution in [3.8, 4) is 11.5 Å². The van der Waals surface area contributed by atoms with Crippen LogP contribution in [0.25, 0.3) is 0 Å². The van der Waals surface area contributed by atoms with E-state index in [2.05, 4.69) is 10.4 Å². The van der Waals surface area contributed by atoms with Gasteiger partial charge in [-0.25, -0.2) is 0 Å². The van der Waals surface area contributed by atoms with Gasteiger partial charge in [0.25, 0.3) is 0 Å². The Bertz CT molecular complexity index is 675. The highest BCUT2D eigenvalue weighted by atomic mass is 16.6. The van der Waals surface area contributed by atoms with Crippen molar-refractivity contribution < 1.29 is 19.2 Å². The van der Waals surface area contributed by atoms with Gasteiger partial charge in [-0.1, -0.05) is 0 Å². The molecule has 2 aromatic rings. The minimum atomic E-state index is -0.624. The Balaban J connectivity index is 2.06. The van der Waals surface area contributed by atoms with Gasteiger partial charge in [-0.15, -0.1) is 0 Å². The van der Waals surface area contributed by atoms with Crippen LogP contribution in [-0.4, -0.2) is 34.8 Å². The first kappa shape index (κ1) is 15.3. The van der Waals surface area contributed by atoms with Crippen LogP contribution in [0.1, 0.15) is 0 Å². The first-order chi connectivity index (χ1) is 10.5. The van der Waals surface area contributed by atoms with Gasteiger partial charge in [0.1, 0.15) is 18.0 Å². The van der Waals surface area contributed by atoms with Crippen LogP contribution in [0.4, 0.5) is 11.5 Å². The van der Waals surface area contributed by atoms with Crippen molar-refractivity contribution in [1.82, 2.24) is 9.78 Å². The summed E-state index contributed by atoms with van der Waals surface area (Å²) in [5.74, 6) is 0.373. The average Bonchev–Trinajstić information content (AvgIpc) is 2.95. The van der Waals surface area contributed by atoms with Crippen molar-refractivity contribution in [2.75, 3.05) is 19.5 Å². The lowest BCUT2D eigenvalue weighted by Crippen LogP contribution is -2.19. The van der Waals surface area contributed by atoms with Crippen LogP contribution in [0, 0.1) is 10.1 Å². The Morgan fingerprint density at radius 2 is 1.95 bits per heavy atom. The van der Waals surface area contributed by atoms with Crippen LogP contribution in [0.15, 0.2) is 30.5 Å². The Kier molecular flexibility index (Phi) is 4.57. The molecule has 9 nitrogen and oxygen atoms in total. The minimum Gasteiger partial charge on any atom is -0.497 e. The fourth-order valence-electron chi connectivity index (χ4n) is 1.76. The number of nitrogens with one attached hydrogen (secondary N) is 1. The zero-order chi connectivity index (χ0) is 16.1. The molecule has 0 aliphatic rings. The van der Waals surface area contributed by atoms with Gasteiger partial charge < -0.3 is 24.9 Å². The van der Waals surface area contributed by atoms with Crippen LogP contribution < -0.4 is 14.8 Å². The summed E-state index contributed by atoms with van der Waals surface area (Å²) < 4.78 is 11.4. The lowest BCUT2D eigenvalue weighted by Gasteiger charge is -2.09. The van der Waals surface area contributed by atoms with E-state index in [9.17, 15) is 14.9 Å². The van der Waals surface area contributed by atoms with Gasteiger partial charge in [0.05, 0.1) is 31.6 Å². The number of hydrogen-bond donors (Lipinski definition) is 1. The average molecular weight is 306 g/mol. The third-order valence-corrected chi connectivity index (χ3v) is 2.75. The van der Waals surface area contributed by atoms with Crippen molar-refractivity contribution in [2.45, 2.75) is 6.54 Å². The predicted octanol–water partition coefficient (Wildman–Crippen LogP) is 1.45. The fraction of sp³-hybridized carbons (Fsp3) is 0.231. The molecule has 1 aromatic heterocycles. The molecule has 9 heteroatoms. The molecule has 1 N–H and O–H groups in total. The molecule has 0 spiro atoms. The lowest BCUT2D eigenvalue weighted by molar-refractivity contribution is -0.389. The Morgan fingerprint density at radius 3 is 2.45 bits per heavy atom. The summed E-state index contributed by atoms with van der Waals surface area (Å²) in [6.07, 6.45) is 1.36. The second kappa shape index (κ2) is 6.57. The molecule has 0 bridgehead atoms. The number of amides is 1. The number of anilines is 1. The highest BCUT2D eigenvalue weighted by Gasteiger charge is 2.14. The van der Waals surface area contributed by atoms with Crippen molar-refractivity contribution in [3.05, 3.63) is 40.6 Å². The first-order valence-electron chi connectivity index (χ1n) is 6.22. The van der Waals surface area contributed by atoms with Crippen molar-refractivity contribution >= 4 is 17.4 Å². The summed E-state index contributed by atoms with van der Waals surface area (Å²) in [4.78, 5) is 21.8. The number of benzene rings is 1. The molecule has 22 heavy (non-hydrogen) atoms. The molecule has 1 aromatic carbocycles. The molecular formula is C13H14N4O5. The molecule has 0 atom stereocenters. The van der Waals surface area contributed by atoms with Gasteiger partial charge in [0.2, 0.25) is 5.91 Å². The van der Waals surface area contributed by atoms with E-state index in [-0.39, 0.29) is 18.3 Å². The number of hydrogen-bond acceptors (Lipinski definition) is 6. The van der Waals surface area contributed by atoms with Gasteiger partial charge in [0, 0.05) is 23.9 Å². The van der Waals surface area contributed by atoms with Crippen LogP contribution in [0.5, 0.6) is 11.5 Å². The monoisotopic (exact) mass is 306 g/mol. The summed E-state index contributed by atoms with van der Waals surface area (Å²) in [7, 11) is 3.01. The number of aromatic nitrogens is 2. The molecule has 2 rings (SSSR count). The SMILES string of the molecule is COc1cc(NC(=O)Cn2ccc([N+](=O)[O-])n2)cc(OC)c1. The highest BCUT2D eigenvalue weighted by molar-refractivity contribution is 5.91. The predicted molar refractivity (Wildman–Crippen MR) is 77.1 cm³/mol. The number of nitrogens with zero attached hydrogens (tertiary/aromatic N) is 3. The summed E-state index contributed by atoms with van der Waals surface area (Å²) in [6, 6.07) is 6.16. The molecule has 1 heterocycles. The summed E-state index contributed by atoms with van der Waals surface area (Å²) >= 11 is 0. The van der Waals surface area contributed by atoms with E-state index in [0.717, 1.165) is 0 Å².